The fourth-order valence-electron chi connectivity index (χ4n) is 4.56. The highest BCUT2D eigenvalue weighted by Gasteiger charge is 2.33. The summed E-state index contributed by atoms with van der Waals surface area (Å²) in [5.74, 6) is 0.776. The summed E-state index contributed by atoms with van der Waals surface area (Å²) in [6.07, 6.45) is 0.718. The second-order valence-electron chi connectivity index (χ2n) is 8.78. The largest absolute Gasteiger partial charge is 0.497 e. The van der Waals surface area contributed by atoms with Crippen molar-refractivity contribution in [3.05, 3.63) is 106 Å². The topological polar surface area (TPSA) is 50.6 Å². The van der Waals surface area contributed by atoms with Crippen molar-refractivity contribution in [3.63, 3.8) is 0 Å². The molecule has 0 N–H and O–H groups in total. The number of hydrogen-bond donors (Lipinski definition) is 0. The van der Waals surface area contributed by atoms with Crippen LogP contribution in [0.3, 0.4) is 0 Å². The summed E-state index contributed by atoms with van der Waals surface area (Å²) in [5, 5.41) is 11.5. The lowest BCUT2D eigenvalue weighted by Gasteiger charge is -2.23. The van der Waals surface area contributed by atoms with E-state index in [9.17, 15) is 0 Å². The minimum Gasteiger partial charge on any atom is -0.497 e. The van der Waals surface area contributed by atoms with Crippen molar-refractivity contribution < 1.29 is 4.74 Å². The lowest BCUT2D eigenvalue weighted by molar-refractivity contribution is 0.415. The van der Waals surface area contributed by atoms with Gasteiger partial charge in [-0.2, -0.15) is 5.10 Å². The summed E-state index contributed by atoms with van der Waals surface area (Å²) in [7, 11) is 1.67. The van der Waals surface area contributed by atoms with Gasteiger partial charge < -0.3 is 4.74 Å². The number of benzene rings is 3. The van der Waals surface area contributed by atoms with Crippen LogP contribution in [0.4, 0.5) is 5.13 Å². The second kappa shape index (κ2) is 9.37. The van der Waals surface area contributed by atoms with Crippen LogP contribution in [-0.2, 0) is 0 Å². The van der Waals surface area contributed by atoms with Gasteiger partial charge in [-0.15, -0.1) is 11.3 Å². The molecule has 0 saturated heterocycles. The molecule has 0 fully saturated rings. The lowest BCUT2D eigenvalue weighted by Crippen LogP contribution is -2.19. The molecule has 178 valence electrons. The van der Waals surface area contributed by atoms with Gasteiger partial charge in [-0.1, -0.05) is 71.8 Å². The van der Waals surface area contributed by atoms with Gasteiger partial charge in [-0.3, -0.25) is 0 Å². The maximum absolute atomic E-state index is 6.51. The fourth-order valence-corrected chi connectivity index (χ4v) is 5.60. The van der Waals surface area contributed by atoms with Gasteiger partial charge >= 0.3 is 0 Å². The summed E-state index contributed by atoms with van der Waals surface area (Å²) in [5.41, 5.74) is 7.23. The highest BCUT2D eigenvalue weighted by atomic mass is 35.5. The van der Waals surface area contributed by atoms with Gasteiger partial charge in [0.2, 0.25) is 5.13 Å². The van der Waals surface area contributed by atoms with Crippen LogP contribution in [0.5, 0.6) is 5.75 Å². The first-order chi connectivity index (χ1) is 17.6. The number of fused-ring (bicyclic) bond motifs is 1. The Morgan fingerprint density at radius 1 is 0.944 bits per heavy atom. The molecule has 2 aromatic heterocycles. The van der Waals surface area contributed by atoms with Gasteiger partial charge in [0.25, 0.3) is 0 Å². The van der Waals surface area contributed by atoms with Gasteiger partial charge in [0, 0.05) is 22.8 Å². The molecule has 1 unspecified atom stereocenters. The van der Waals surface area contributed by atoms with E-state index in [0.29, 0.717) is 5.15 Å². The Morgan fingerprint density at radius 3 is 2.53 bits per heavy atom. The van der Waals surface area contributed by atoms with Gasteiger partial charge in [-0.25, -0.2) is 15.0 Å². The molecule has 1 aliphatic heterocycles. The highest BCUT2D eigenvalue weighted by Crippen LogP contribution is 2.42. The van der Waals surface area contributed by atoms with Crippen LogP contribution >= 0.6 is 22.9 Å². The average molecular weight is 511 g/mol. The molecular weight excluding hydrogens is 488 g/mol. The summed E-state index contributed by atoms with van der Waals surface area (Å²) >= 11 is 8.10. The van der Waals surface area contributed by atoms with Crippen LogP contribution in [0.25, 0.3) is 22.2 Å². The maximum atomic E-state index is 6.51. The van der Waals surface area contributed by atoms with Gasteiger partial charge in [0.1, 0.15) is 10.9 Å². The zero-order valence-electron chi connectivity index (χ0n) is 19.9. The molecule has 6 rings (SSSR count). The van der Waals surface area contributed by atoms with Crippen LogP contribution in [0.2, 0.25) is 5.15 Å². The smallest absolute Gasteiger partial charge is 0.207 e. The van der Waals surface area contributed by atoms with Crippen LogP contribution in [0.1, 0.15) is 29.2 Å². The van der Waals surface area contributed by atoms with Crippen LogP contribution in [0, 0.1) is 6.92 Å². The number of ether oxygens (including phenoxy) is 1. The molecule has 0 amide bonds. The van der Waals surface area contributed by atoms with Gasteiger partial charge in [0.05, 0.1) is 30.1 Å². The molecule has 5 nitrogen and oxygen atoms in total. The Kier molecular flexibility index (Phi) is 5.91. The molecule has 1 aliphatic rings. The van der Waals surface area contributed by atoms with Crippen molar-refractivity contribution >= 4 is 44.7 Å². The maximum Gasteiger partial charge on any atom is 0.207 e. The number of aryl methyl sites for hydroxylation is 1. The quantitative estimate of drug-likeness (QED) is 0.227. The molecule has 1 atom stereocenters. The van der Waals surface area contributed by atoms with Gasteiger partial charge in [-0.05, 0) is 42.3 Å². The van der Waals surface area contributed by atoms with E-state index in [1.165, 1.54) is 5.56 Å². The SMILES string of the molecule is COc1ccc2nc(Cl)cc(C3CC(c4ccc(C)cc4)=NN3c3nc(-c4ccccc4)cs3)c2c1. The lowest BCUT2D eigenvalue weighted by atomic mass is 9.95. The molecule has 5 aromatic rings. The van der Waals surface area contributed by atoms with E-state index in [0.717, 1.165) is 56.3 Å². The second-order valence-corrected chi connectivity index (χ2v) is 10.00. The third-order valence-corrected chi connectivity index (χ3v) is 7.45. The number of pyridine rings is 1. The molecule has 3 aromatic carbocycles. The minimum atomic E-state index is -0.0915. The number of thiazole rings is 1. The Bertz CT molecular complexity index is 1580. The van der Waals surface area contributed by atoms with E-state index in [-0.39, 0.29) is 6.04 Å². The first-order valence-corrected chi connectivity index (χ1v) is 12.9. The Morgan fingerprint density at radius 2 is 1.75 bits per heavy atom. The third-order valence-electron chi connectivity index (χ3n) is 6.43. The van der Waals surface area contributed by atoms with Crippen molar-refractivity contribution in [3.8, 4) is 17.0 Å². The monoisotopic (exact) mass is 510 g/mol. The molecule has 0 saturated carbocycles. The molecule has 36 heavy (non-hydrogen) atoms. The van der Waals surface area contributed by atoms with E-state index in [1.807, 2.05) is 47.5 Å². The zero-order chi connectivity index (χ0) is 24.6. The van der Waals surface area contributed by atoms with E-state index >= 15 is 0 Å². The first-order valence-electron chi connectivity index (χ1n) is 11.7. The number of aromatic nitrogens is 2. The summed E-state index contributed by atoms with van der Waals surface area (Å²) in [6, 6.07) is 26.4. The number of rotatable bonds is 5. The molecule has 7 heteroatoms. The van der Waals surface area contributed by atoms with E-state index in [2.05, 4.69) is 53.7 Å². The molecule has 0 spiro atoms. The van der Waals surface area contributed by atoms with Crippen LogP contribution in [-0.4, -0.2) is 22.8 Å². The Hall–Kier alpha value is -3.74. The summed E-state index contributed by atoms with van der Waals surface area (Å²) in [4.78, 5) is 9.53. The van der Waals surface area contributed by atoms with Gasteiger partial charge in [0.15, 0.2) is 0 Å². The molecule has 0 bridgehead atoms. The van der Waals surface area contributed by atoms with Crippen molar-refractivity contribution in [2.24, 2.45) is 5.10 Å². The summed E-state index contributed by atoms with van der Waals surface area (Å²) in [6.45, 7) is 2.09. The first kappa shape index (κ1) is 22.7. The number of anilines is 1. The number of nitrogens with zero attached hydrogens (tertiary/aromatic N) is 4. The normalized spacial score (nSPS) is 15.4. The molecule has 0 radical (unpaired) electrons. The zero-order valence-corrected chi connectivity index (χ0v) is 21.4. The Labute approximate surface area is 218 Å². The number of hydrogen-bond acceptors (Lipinski definition) is 6. The van der Waals surface area contributed by atoms with Crippen LogP contribution < -0.4 is 9.75 Å². The van der Waals surface area contributed by atoms with Crippen molar-refractivity contribution in [1.29, 1.82) is 0 Å². The third kappa shape index (κ3) is 4.23. The standard InChI is InChI=1S/C29H23ClN4OS/c1-18-8-10-20(11-9-18)25-16-27(23-15-28(30)31-24-13-12-21(35-2)14-22(23)24)34(33-25)29-32-26(17-36-29)19-6-4-3-5-7-19/h3-15,17,27H,16H2,1-2H3. The van der Waals surface area contributed by atoms with E-state index < -0.39 is 0 Å². The minimum absolute atomic E-state index is 0.0915. The van der Waals surface area contributed by atoms with Crippen molar-refractivity contribution in [2.75, 3.05) is 12.1 Å². The fraction of sp³-hybridized carbons (Fsp3) is 0.138. The van der Waals surface area contributed by atoms with Crippen molar-refractivity contribution in [1.82, 2.24) is 9.97 Å². The predicted octanol–water partition coefficient (Wildman–Crippen LogP) is 7.68. The number of methoxy groups -OCH3 is 1. The molecular formula is C29H23ClN4OS. The van der Waals surface area contributed by atoms with Crippen LogP contribution in [0.15, 0.2) is 89.3 Å². The number of hydrazone groups is 1. The summed E-state index contributed by atoms with van der Waals surface area (Å²) < 4.78 is 5.52. The van der Waals surface area contributed by atoms with E-state index in [4.69, 9.17) is 26.4 Å². The highest BCUT2D eigenvalue weighted by molar-refractivity contribution is 7.14. The molecule has 3 heterocycles. The molecule has 0 aliphatic carbocycles. The average Bonchev–Trinajstić information content (AvgIpc) is 3.57. The van der Waals surface area contributed by atoms with E-state index in [1.54, 1.807) is 18.4 Å². The predicted molar refractivity (Wildman–Crippen MR) is 148 cm³/mol. The van der Waals surface area contributed by atoms with Crippen molar-refractivity contribution in [2.45, 2.75) is 19.4 Å². The number of halogens is 1. The Balaban J connectivity index is 1.48.